The van der Waals surface area contributed by atoms with Crippen molar-refractivity contribution in [2.75, 3.05) is 39.5 Å². The second-order valence-corrected chi connectivity index (χ2v) is 14.6. The maximum absolute atomic E-state index is 3.78. The molecular weight excluding hydrogens is 601 g/mol. The van der Waals surface area contributed by atoms with E-state index < -0.39 is 15.8 Å². The fraction of sp³-hybridized carbons (Fsp3) is 0.182. The first kappa shape index (κ1) is 31.2. The number of benzene rings is 4. The molecule has 0 saturated heterocycles. The fourth-order valence-electron chi connectivity index (χ4n) is 4.59. The molecule has 0 atom stereocenters. The van der Waals surface area contributed by atoms with E-state index in [0.29, 0.717) is 0 Å². The Balaban J connectivity index is 0.000000458. The molecule has 0 unspecified atom stereocenters. The zero-order chi connectivity index (χ0) is 26.4. The largest absolute Gasteiger partial charge is 0.310 e. The Morgan fingerprint density at radius 2 is 0.795 bits per heavy atom. The molecule has 0 aliphatic carbocycles. The van der Waals surface area contributed by atoms with Gasteiger partial charge in [0, 0.05) is 13.1 Å². The minimum Gasteiger partial charge on any atom is -0.310 e. The van der Waals surface area contributed by atoms with Gasteiger partial charge in [-0.3, -0.25) is 0 Å². The third-order valence-electron chi connectivity index (χ3n) is 6.49. The van der Waals surface area contributed by atoms with Crippen molar-refractivity contribution in [3.8, 4) is 0 Å². The van der Waals surface area contributed by atoms with E-state index in [9.17, 15) is 0 Å². The normalized spacial score (nSPS) is 12.3. The minimum absolute atomic E-state index is 0. The summed E-state index contributed by atoms with van der Waals surface area (Å²) in [6.45, 7) is 4.13. The SMILES string of the molecule is CN1C=CN(C)[CH-]1.[RuH2+2].c1ccc([PH+](CCNCC[PH+](c2ccccc2)c2ccccc2)c2ccccc2)cc1. The first-order chi connectivity index (χ1) is 18.7. The second kappa shape index (κ2) is 17.4. The van der Waals surface area contributed by atoms with E-state index in [2.05, 4.69) is 127 Å². The zero-order valence-corrected chi connectivity index (χ0v) is 26.9. The van der Waals surface area contributed by atoms with Crippen molar-refractivity contribution in [3.63, 3.8) is 0 Å². The Labute approximate surface area is 250 Å². The Kier molecular flexibility index (Phi) is 13.9. The molecule has 4 aromatic carbocycles. The molecule has 0 fully saturated rings. The first-order valence-corrected chi connectivity index (χ1v) is 16.7. The Hall–Kier alpha value is -2.34. The van der Waals surface area contributed by atoms with Gasteiger partial charge in [-0.1, -0.05) is 72.8 Å². The van der Waals surface area contributed by atoms with Gasteiger partial charge >= 0.3 is 19.5 Å². The molecule has 4 aromatic rings. The van der Waals surface area contributed by atoms with E-state index in [1.807, 2.05) is 43.0 Å². The number of nitrogens with zero attached hydrogens (tertiary/aromatic N) is 2. The predicted octanol–water partition coefficient (Wildman–Crippen LogP) is 4.22. The predicted molar refractivity (Wildman–Crippen MR) is 175 cm³/mol. The average Bonchev–Trinajstić information content (AvgIpc) is 3.37. The summed E-state index contributed by atoms with van der Waals surface area (Å²) in [5.41, 5.74) is 0. The van der Waals surface area contributed by atoms with Crippen LogP contribution in [0.5, 0.6) is 0 Å². The van der Waals surface area contributed by atoms with Gasteiger partial charge in [-0.15, -0.1) is 0 Å². The molecule has 0 amide bonds. The maximum atomic E-state index is 3.78. The van der Waals surface area contributed by atoms with E-state index in [-0.39, 0.29) is 19.5 Å². The van der Waals surface area contributed by atoms with Gasteiger partial charge in [-0.05, 0) is 75.0 Å². The van der Waals surface area contributed by atoms with Gasteiger partial charge in [0.1, 0.15) is 0 Å². The Bertz CT molecular complexity index is 1040. The molecule has 0 saturated carbocycles. The summed E-state index contributed by atoms with van der Waals surface area (Å²) in [5.74, 6) is 0. The molecule has 0 bridgehead atoms. The summed E-state index contributed by atoms with van der Waals surface area (Å²) in [7, 11) is 2.48. The molecule has 1 N–H and O–H groups in total. The number of nitrogens with one attached hydrogen (secondary N) is 1. The van der Waals surface area contributed by atoms with Crippen LogP contribution in [-0.4, -0.2) is 49.3 Å². The molecule has 3 nitrogen and oxygen atoms in total. The van der Waals surface area contributed by atoms with Crippen LogP contribution in [0.3, 0.4) is 0 Å². The van der Waals surface area contributed by atoms with Crippen LogP contribution in [0.25, 0.3) is 0 Å². The Morgan fingerprint density at radius 3 is 1.03 bits per heavy atom. The van der Waals surface area contributed by atoms with Crippen molar-refractivity contribution in [1.29, 1.82) is 0 Å². The maximum Gasteiger partial charge on any atom is 0.0967 e. The molecule has 204 valence electrons. The van der Waals surface area contributed by atoms with E-state index in [1.165, 1.54) is 33.5 Å². The second-order valence-electron chi connectivity index (χ2n) is 9.42. The summed E-state index contributed by atoms with van der Waals surface area (Å²) >= 11 is 0. The minimum atomic E-state index is -0.758. The van der Waals surface area contributed by atoms with Crippen LogP contribution in [-0.2, 0) is 19.5 Å². The van der Waals surface area contributed by atoms with Gasteiger partial charge in [0.05, 0.1) is 49.4 Å². The summed E-state index contributed by atoms with van der Waals surface area (Å²) in [6, 6.07) is 44.2. The molecule has 0 aromatic heterocycles. The van der Waals surface area contributed by atoms with Crippen LogP contribution in [0.1, 0.15) is 0 Å². The molecule has 5 rings (SSSR count). The number of hydrogen-bond donors (Lipinski definition) is 1. The molecule has 1 aliphatic heterocycles. The molecule has 0 radical (unpaired) electrons. The van der Waals surface area contributed by atoms with Gasteiger partial charge in [-0.25, -0.2) is 0 Å². The van der Waals surface area contributed by atoms with E-state index in [1.54, 1.807) is 0 Å². The smallest absolute Gasteiger partial charge is 0.0967 e. The third-order valence-corrected chi connectivity index (χ3v) is 12.1. The number of hydrogen-bond acceptors (Lipinski definition) is 3. The van der Waals surface area contributed by atoms with Crippen LogP contribution in [0.2, 0.25) is 0 Å². The zero-order valence-electron chi connectivity index (χ0n) is 22.9. The van der Waals surface area contributed by atoms with Gasteiger partial charge in [-0.2, -0.15) is 6.67 Å². The summed E-state index contributed by atoms with van der Waals surface area (Å²) in [6.07, 6.45) is 6.41. The Morgan fingerprint density at radius 1 is 0.513 bits per heavy atom. The summed E-state index contributed by atoms with van der Waals surface area (Å²) in [4.78, 5) is 4.00. The molecular formula is C33H42N3P2Ru+3. The van der Waals surface area contributed by atoms with Gasteiger partial charge in [0.25, 0.3) is 0 Å². The van der Waals surface area contributed by atoms with E-state index in [4.69, 9.17) is 0 Å². The van der Waals surface area contributed by atoms with Crippen LogP contribution < -0.4 is 26.5 Å². The van der Waals surface area contributed by atoms with E-state index >= 15 is 0 Å². The van der Waals surface area contributed by atoms with Crippen LogP contribution in [0.15, 0.2) is 134 Å². The molecule has 1 heterocycles. The van der Waals surface area contributed by atoms with Crippen LogP contribution >= 0.6 is 15.8 Å². The van der Waals surface area contributed by atoms with Crippen molar-refractivity contribution >= 4 is 37.1 Å². The van der Waals surface area contributed by atoms with Crippen LogP contribution in [0, 0.1) is 6.67 Å². The summed E-state index contributed by atoms with van der Waals surface area (Å²) in [5, 5.41) is 9.77. The van der Waals surface area contributed by atoms with Gasteiger partial charge in [0.2, 0.25) is 0 Å². The topological polar surface area (TPSA) is 18.5 Å². The van der Waals surface area contributed by atoms with Crippen LogP contribution in [0.4, 0.5) is 0 Å². The summed E-state index contributed by atoms with van der Waals surface area (Å²) < 4.78 is 0. The third kappa shape index (κ3) is 10.3. The standard InChI is InChI=1S/C28H29NP2.C5H9N2.Ru.2H/c1-5-13-25(14-6-1)30(26-15-7-2-8-16-26)23-21-29-22-24-31(27-17-9-3-10-18-27)28-19-11-4-12-20-28;1-6-3-4-7(2)5-6;;;/h1-20,29H,21-24H2;3-5H,1-2H3;;;/q;-1;+2;;/p+2. The molecule has 0 spiro atoms. The first-order valence-electron chi connectivity index (χ1n) is 13.3. The van der Waals surface area contributed by atoms with E-state index in [0.717, 1.165) is 13.1 Å². The monoisotopic (exact) mass is 644 g/mol. The van der Waals surface area contributed by atoms with Crippen molar-refractivity contribution < 1.29 is 19.5 Å². The van der Waals surface area contributed by atoms with Crippen molar-refractivity contribution in [2.24, 2.45) is 0 Å². The average molecular weight is 644 g/mol. The molecule has 6 heteroatoms. The van der Waals surface area contributed by atoms with Crippen molar-refractivity contribution in [1.82, 2.24) is 15.1 Å². The fourth-order valence-corrected chi connectivity index (χ4v) is 9.65. The number of rotatable bonds is 10. The molecule has 1 aliphatic rings. The van der Waals surface area contributed by atoms with Crippen molar-refractivity contribution in [3.05, 3.63) is 140 Å². The van der Waals surface area contributed by atoms with Gasteiger partial charge < -0.3 is 15.1 Å². The van der Waals surface area contributed by atoms with Gasteiger partial charge in [0.15, 0.2) is 0 Å². The quantitative estimate of drug-likeness (QED) is 0.121. The van der Waals surface area contributed by atoms with Crippen molar-refractivity contribution in [2.45, 2.75) is 0 Å². The molecule has 39 heavy (non-hydrogen) atoms.